The molecule has 0 saturated heterocycles. The number of carbonyl (C=O) groups is 1. The van der Waals surface area contributed by atoms with Crippen LogP contribution in [0.25, 0.3) is 0 Å². The van der Waals surface area contributed by atoms with Crippen LogP contribution in [0.3, 0.4) is 0 Å². The number of anilines is 1. The van der Waals surface area contributed by atoms with Crippen molar-refractivity contribution in [3.63, 3.8) is 0 Å². The number of hydrogen-bond acceptors (Lipinski definition) is 5. The normalized spacial score (nSPS) is 11.1. The van der Waals surface area contributed by atoms with Crippen molar-refractivity contribution >= 4 is 33.3 Å². The highest BCUT2D eigenvalue weighted by molar-refractivity contribution is 7.92. The van der Waals surface area contributed by atoms with Gasteiger partial charge < -0.3 is 9.47 Å². The molecule has 0 atom stereocenters. The summed E-state index contributed by atoms with van der Waals surface area (Å²) in [5.74, 6) is -0.0766. The molecule has 0 N–H and O–H groups in total. The Bertz CT molecular complexity index is 943. The van der Waals surface area contributed by atoms with Gasteiger partial charge in [0.25, 0.3) is 10.0 Å². The minimum absolute atomic E-state index is 0.0433. The monoisotopic (exact) mass is 411 g/mol. The summed E-state index contributed by atoms with van der Waals surface area (Å²) in [5, 5.41) is 0.405. The maximum atomic E-state index is 13.3. The average molecular weight is 412 g/mol. The van der Waals surface area contributed by atoms with Crippen molar-refractivity contribution < 1.29 is 22.7 Å². The van der Waals surface area contributed by atoms with Gasteiger partial charge in [0, 0.05) is 5.02 Å². The van der Waals surface area contributed by atoms with E-state index in [4.69, 9.17) is 21.1 Å². The van der Waals surface area contributed by atoms with Crippen molar-refractivity contribution in [1.82, 2.24) is 0 Å². The smallest absolute Gasteiger partial charge is 0.326 e. The lowest BCUT2D eigenvalue weighted by atomic mass is 10.2. The second-order valence-corrected chi connectivity index (χ2v) is 8.15. The van der Waals surface area contributed by atoms with Gasteiger partial charge in [0.05, 0.1) is 24.3 Å². The van der Waals surface area contributed by atoms with Crippen LogP contribution >= 0.6 is 11.6 Å². The Morgan fingerprint density at radius 3 is 2.37 bits per heavy atom. The highest BCUT2D eigenvalue weighted by Crippen LogP contribution is 2.30. The number of sulfonamides is 1. The van der Waals surface area contributed by atoms with Gasteiger partial charge in [-0.25, -0.2) is 8.42 Å². The topological polar surface area (TPSA) is 72.9 Å². The number of halogens is 1. The predicted octanol–water partition coefficient (Wildman–Crippen LogP) is 3.72. The van der Waals surface area contributed by atoms with E-state index in [9.17, 15) is 13.2 Å². The number of methoxy groups -OCH3 is 1. The molecule has 0 heterocycles. The Labute approximate surface area is 164 Å². The van der Waals surface area contributed by atoms with Crippen molar-refractivity contribution in [1.29, 1.82) is 0 Å². The van der Waals surface area contributed by atoms with Crippen LogP contribution in [0.4, 0.5) is 5.69 Å². The molecule has 0 fully saturated rings. The zero-order chi connectivity index (χ0) is 20.2. The molecule has 0 saturated carbocycles. The lowest BCUT2D eigenvalue weighted by Crippen LogP contribution is -2.36. The molecule has 6 nitrogen and oxygen atoms in total. The highest BCUT2D eigenvalue weighted by Gasteiger charge is 2.28. The van der Waals surface area contributed by atoms with Crippen molar-refractivity contribution in [3.05, 3.63) is 52.5 Å². The molecule has 0 amide bonds. The molecule has 0 bridgehead atoms. The van der Waals surface area contributed by atoms with E-state index in [1.807, 2.05) is 6.92 Å². The van der Waals surface area contributed by atoms with Gasteiger partial charge in [-0.2, -0.15) is 0 Å². The third-order valence-corrected chi connectivity index (χ3v) is 6.15. The summed E-state index contributed by atoms with van der Waals surface area (Å²) in [6, 6.07) is 9.34. The number of aryl methyl sites for hydroxylation is 2. The first-order valence-electron chi connectivity index (χ1n) is 8.29. The number of ether oxygens (including phenoxy) is 2. The van der Waals surface area contributed by atoms with Crippen LogP contribution in [0, 0.1) is 13.8 Å². The predicted molar refractivity (Wildman–Crippen MR) is 105 cm³/mol. The maximum Gasteiger partial charge on any atom is 0.326 e. The Morgan fingerprint density at radius 1 is 1.11 bits per heavy atom. The fourth-order valence-corrected chi connectivity index (χ4v) is 4.18. The van der Waals surface area contributed by atoms with Gasteiger partial charge in [0.15, 0.2) is 0 Å². The molecule has 2 aromatic rings. The van der Waals surface area contributed by atoms with Gasteiger partial charge in [-0.3, -0.25) is 9.10 Å². The molecule has 0 aliphatic rings. The molecule has 0 unspecified atom stereocenters. The van der Waals surface area contributed by atoms with Gasteiger partial charge in [-0.05, 0) is 62.2 Å². The number of esters is 1. The van der Waals surface area contributed by atoms with E-state index in [0.717, 1.165) is 9.87 Å². The molecule has 0 aromatic heterocycles. The van der Waals surface area contributed by atoms with Crippen LogP contribution in [-0.4, -0.2) is 34.6 Å². The zero-order valence-corrected chi connectivity index (χ0v) is 17.2. The Balaban J connectivity index is 2.55. The SMILES string of the molecule is CCOC(=O)CN(c1ccc(C)c(Cl)c1)S(=O)(=O)c1ccc(OC)c(C)c1. The van der Waals surface area contributed by atoms with Gasteiger partial charge in [0.2, 0.25) is 0 Å². The zero-order valence-electron chi connectivity index (χ0n) is 15.7. The lowest BCUT2D eigenvalue weighted by Gasteiger charge is -2.24. The van der Waals surface area contributed by atoms with Crippen LogP contribution in [0.15, 0.2) is 41.3 Å². The summed E-state index contributed by atoms with van der Waals surface area (Å²) in [6.45, 7) is 4.91. The molecule has 2 rings (SSSR count). The number of nitrogens with zero attached hydrogens (tertiary/aromatic N) is 1. The van der Waals surface area contributed by atoms with Crippen molar-refractivity contribution in [2.24, 2.45) is 0 Å². The third kappa shape index (κ3) is 4.73. The second-order valence-electron chi connectivity index (χ2n) is 5.88. The average Bonchev–Trinajstić information content (AvgIpc) is 2.62. The molecule has 0 spiro atoms. The van der Waals surface area contributed by atoms with Crippen molar-refractivity contribution in [3.8, 4) is 5.75 Å². The fraction of sp³-hybridized carbons (Fsp3) is 0.316. The molecular weight excluding hydrogens is 390 g/mol. The Morgan fingerprint density at radius 2 is 1.81 bits per heavy atom. The van der Waals surface area contributed by atoms with Gasteiger partial charge in [0.1, 0.15) is 12.3 Å². The number of carbonyl (C=O) groups excluding carboxylic acids is 1. The van der Waals surface area contributed by atoms with Crippen LogP contribution < -0.4 is 9.04 Å². The van der Waals surface area contributed by atoms with Gasteiger partial charge >= 0.3 is 5.97 Å². The summed E-state index contributed by atoms with van der Waals surface area (Å²) in [6.07, 6.45) is 0. The van der Waals surface area contributed by atoms with Gasteiger partial charge in [-0.1, -0.05) is 17.7 Å². The number of benzene rings is 2. The Kier molecular flexibility index (Phi) is 6.73. The summed E-state index contributed by atoms with van der Waals surface area (Å²) < 4.78 is 37.6. The van der Waals surface area contributed by atoms with Crippen LogP contribution in [0.1, 0.15) is 18.1 Å². The van der Waals surface area contributed by atoms with E-state index in [1.54, 1.807) is 32.0 Å². The fourth-order valence-electron chi connectivity index (χ4n) is 2.51. The molecule has 2 aromatic carbocycles. The number of hydrogen-bond donors (Lipinski definition) is 0. The quantitative estimate of drug-likeness (QED) is 0.649. The second kappa shape index (κ2) is 8.63. The first kappa shape index (κ1) is 21.1. The van der Waals surface area contributed by atoms with Crippen molar-refractivity contribution in [2.45, 2.75) is 25.7 Å². The molecule has 0 aliphatic carbocycles. The first-order chi connectivity index (χ1) is 12.7. The van der Waals surface area contributed by atoms with Gasteiger partial charge in [-0.15, -0.1) is 0 Å². The summed E-state index contributed by atoms with van der Waals surface area (Å²) >= 11 is 6.16. The minimum atomic E-state index is -4.03. The lowest BCUT2D eigenvalue weighted by molar-refractivity contribution is -0.141. The first-order valence-corrected chi connectivity index (χ1v) is 10.1. The molecule has 146 valence electrons. The maximum absolute atomic E-state index is 13.3. The Hall–Kier alpha value is -2.25. The van der Waals surface area contributed by atoms with E-state index < -0.39 is 22.5 Å². The number of rotatable bonds is 7. The van der Waals surface area contributed by atoms with E-state index in [-0.39, 0.29) is 17.2 Å². The molecule has 8 heteroatoms. The third-order valence-electron chi connectivity index (χ3n) is 3.98. The minimum Gasteiger partial charge on any atom is -0.496 e. The van der Waals surface area contributed by atoms with Crippen LogP contribution in [-0.2, 0) is 19.6 Å². The largest absolute Gasteiger partial charge is 0.496 e. The standard InChI is InChI=1S/C19H22ClNO5S/c1-5-26-19(22)12-21(15-7-6-13(2)17(20)11-15)27(23,24)16-8-9-18(25-4)14(3)10-16/h6-11H,5,12H2,1-4H3. The van der Waals surface area contributed by atoms with Crippen molar-refractivity contribution in [2.75, 3.05) is 24.6 Å². The molecule has 0 aliphatic heterocycles. The van der Waals surface area contributed by atoms with E-state index in [2.05, 4.69) is 0 Å². The summed E-state index contributed by atoms with van der Waals surface area (Å²) in [7, 11) is -2.51. The van der Waals surface area contributed by atoms with E-state index in [1.165, 1.54) is 25.3 Å². The highest BCUT2D eigenvalue weighted by atomic mass is 35.5. The summed E-state index contributed by atoms with van der Waals surface area (Å²) in [4.78, 5) is 12.1. The molecule has 27 heavy (non-hydrogen) atoms. The van der Waals surface area contributed by atoms with E-state index >= 15 is 0 Å². The van der Waals surface area contributed by atoms with Crippen LogP contribution in [0.5, 0.6) is 5.75 Å². The van der Waals surface area contributed by atoms with Crippen LogP contribution in [0.2, 0.25) is 5.02 Å². The molecular formula is C19H22ClNO5S. The summed E-state index contributed by atoms with van der Waals surface area (Å²) in [5.41, 5.74) is 1.75. The molecule has 0 radical (unpaired) electrons. The van der Waals surface area contributed by atoms with E-state index in [0.29, 0.717) is 16.3 Å².